The Labute approximate surface area is 83.6 Å². The van der Waals surface area contributed by atoms with E-state index >= 15 is 0 Å². The molecule has 1 N–H and O–H groups in total. The Morgan fingerprint density at radius 1 is 1.50 bits per heavy atom. The zero-order valence-corrected chi connectivity index (χ0v) is 8.28. The van der Waals surface area contributed by atoms with Crippen LogP contribution < -0.4 is 0 Å². The molecule has 14 heavy (non-hydrogen) atoms. The van der Waals surface area contributed by atoms with Gasteiger partial charge >= 0.3 is 6.09 Å². The Hall–Kier alpha value is -0.810. The maximum Gasteiger partial charge on any atom is 0.409 e. The molecule has 0 aromatic carbocycles. The third-order valence-corrected chi connectivity index (χ3v) is 2.01. The van der Waals surface area contributed by atoms with Crippen molar-refractivity contribution < 1.29 is 19.4 Å². The maximum atomic E-state index is 11.1. The van der Waals surface area contributed by atoms with Gasteiger partial charge in [-0.05, 0) is 12.8 Å². The van der Waals surface area contributed by atoms with Gasteiger partial charge in [0.1, 0.15) is 0 Å². The molecule has 5 nitrogen and oxygen atoms in total. The first kappa shape index (κ1) is 11.3. The van der Waals surface area contributed by atoms with Crippen LogP contribution in [0.5, 0.6) is 0 Å². The molecule has 1 aliphatic rings. The molecule has 1 heterocycles. The SMILES string of the molecule is O=C1OCCCN1CCCOCCO. The Morgan fingerprint density at radius 3 is 3.07 bits per heavy atom. The fourth-order valence-electron chi connectivity index (χ4n) is 1.32. The summed E-state index contributed by atoms with van der Waals surface area (Å²) in [6.45, 7) is 2.97. The third-order valence-electron chi connectivity index (χ3n) is 2.01. The van der Waals surface area contributed by atoms with Gasteiger partial charge < -0.3 is 19.5 Å². The van der Waals surface area contributed by atoms with Crippen LogP contribution in [0.4, 0.5) is 4.79 Å². The number of ether oxygens (including phenoxy) is 2. The van der Waals surface area contributed by atoms with Gasteiger partial charge in [0.2, 0.25) is 0 Å². The molecule has 0 unspecified atom stereocenters. The first-order valence-corrected chi connectivity index (χ1v) is 4.95. The first-order chi connectivity index (χ1) is 6.84. The molecule has 1 amide bonds. The molecule has 0 bridgehead atoms. The summed E-state index contributed by atoms with van der Waals surface area (Å²) in [5, 5.41) is 8.45. The molecule has 0 radical (unpaired) electrons. The summed E-state index contributed by atoms with van der Waals surface area (Å²) in [7, 11) is 0. The maximum absolute atomic E-state index is 11.1. The Kier molecular flexibility index (Phi) is 5.32. The van der Waals surface area contributed by atoms with Crippen molar-refractivity contribution in [1.29, 1.82) is 0 Å². The van der Waals surface area contributed by atoms with E-state index in [1.807, 2.05) is 0 Å². The summed E-state index contributed by atoms with van der Waals surface area (Å²) < 4.78 is 9.96. The van der Waals surface area contributed by atoms with E-state index in [0.717, 1.165) is 19.4 Å². The molecule has 82 valence electrons. The predicted molar refractivity (Wildman–Crippen MR) is 50.1 cm³/mol. The number of carbonyl (C=O) groups is 1. The van der Waals surface area contributed by atoms with Crippen molar-refractivity contribution in [2.75, 3.05) is 39.5 Å². The van der Waals surface area contributed by atoms with Crippen LogP contribution in [0.15, 0.2) is 0 Å². The first-order valence-electron chi connectivity index (χ1n) is 4.95. The van der Waals surface area contributed by atoms with Gasteiger partial charge in [0.25, 0.3) is 0 Å². The number of rotatable bonds is 6. The Morgan fingerprint density at radius 2 is 2.36 bits per heavy atom. The highest BCUT2D eigenvalue weighted by molar-refractivity contribution is 5.68. The van der Waals surface area contributed by atoms with E-state index in [1.165, 1.54) is 0 Å². The lowest BCUT2D eigenvalue weighted by Crippen LogP contribution is -2.38. The molecule has 1 aliphatic heterocycles. The second-order valence-electron chi connectivity index (χ2n) is 3.14. The predicted octanol–water partition coefficient (Wildman–Crippen LogP) is 0.228. The fraction of sp³-hybridized carbons (Fsp3) is 0.889. The van der Waals surface area contributed by atoms with Crippen molar-refractivity contribution >= 4 is 6.09 Å². The van der Waals surface area contributed by atoms with Crippen LogP contribution in [-0.2, 0) is 9.47 Å². The zero-order valence-electron chi connectivity index (χ0n) is 8.28. The molecule has 5 heteroatoms. The Balaban J connectivity index is 2.02. The molecule has 0 aromatic heterocycles. The van der Waals surface area contributed by atoms with E-state index in [0.29, 0.717) is 26.4 Å². The van der Waals surface area contributed by atoms with Gasteiger partial charge in [0.15, 0.2) is 0 Å². The molecule has 1 rings (SSSR count). The second-order valence-corrected chi connectivity index (χ2v) is 3.14. The van der Waals surface area contributed by atoms with Gasteiger partial charge in [-0.2, -0.15) is 0 Å². The topological polar surface area (TPSA) is 59.0 Å². The minimum Gasteiger partial charge on any atom is -0.449 e. The minimum atomic E-state index is -0.224. The van der Waals surface area contributed by atoms with Crippen LogP contribution in [0.25, 0.3) is 0 Å². The molecule has 0 spiro atoms. The number of aliphatic hydroxyl groups excluding tert-OH is 1. The van der Waals surface area contributed by atoms with E-state index in [2.05, 4.69) is 0 Å². The molecule has 1 fully saturated rings. The van der Waals surface area contributed by atoms with Gasteiger partial charge in [-0.3, -0.25) is 0 Å². The van der Waals surface area contributed by atoms with Crippen molar-refractivity contribution in [2.24, 2.45) is 0 Å². The summed E-state index contributed by atoms with van der Waals surface area (Å²) in [5.41, 5.74) is 0. The minimum absolute atomic E-state index is 0.0474. The number of carbonyl (C=O) groups excluding carboxylic acids is 1. The van der Waals surface area contributed by atoms with Gasteiger partial charge in [-0.15, -0.1) is 0 Å². The highest BCUT2D eigenvalue weighted by Crippen LogP contribution is 2.04. The lowest BCUT2D eigenvalue weighted by molar-refractivity contribution is 0.0596. The van der Waals surface area contributed by atoms with E-state index in [-0.39, 0.29) is 12.7 Å². The average molecular weight is 203 g/mol. The van der Waals surface area contributed by atoms with Gasteiger partial charge in [0.05, 0.1) is 19.8 Å². The smallest absolute Gasteiger partial charge is 0.409 e. The fourth-order valence-corrected chi connectivity index (χ4v) is 1.32. The van der Waals surface area contributed by atoms with Crippen molar-refractivity contribution in [2.45, 2.75) is 12.8 Å². The average Bonchev–Trinajstić information content (AvgIpc) is 2.20. The lowest BCUT2D eigenvalue weighted by Gasteiger charge is -2.26. The van der Waals surface area contributed by atoms with Crippen LogP contribution in [0.2, 0.25) is 0 Å². The number of hydrogen-bond acceptors (Lipinski definition) is 4. The molecule has 0 saturated carbocycles. The van der Waals surface area contributed by atoms with Crippen molar-refractivity contribution in [3.05, 3.63) is 0 Å². The second kappa shape index (κ2) is 6.62. The van der Waals surface area contributed by atoms with Gasteiger partial charge in [-0.1, -0.05) is 0 Å². The van der Waals surface area contributed by atoms with Gasteiger partial charge in [-0.25, -0.2) is 4.79 Å². The molecular formula is C9H17NO4. The summed E-state index contributed by atoms with van der Waals surface area (Å²) in [6, 6.07) is 0. The van der Waals surface area contributed by atoms with Crippen LogP contribution in [0, 0.1) is 0 Å². The van der Waals surface area contributed by atoms with Crippen molar-refractivity contribution in [3.63, 3.8) is 0 Å². The molecule has 0 aliphatic carbocycles. The molecule has 0 atom stereocenters. The number of cyclic esters (lactones) is 1. The summed E-state index contributed by atoms with van der Waals surface area (Å²) in [6.07, 6.45) is 1.47. The number of amides is 1. The largest absolute Gasteiger partial charge is 0.449 e. The van der Waals surface area contributed by atoms with Crippen molar-refractivity contribution in [1.82, 2.24) is 4.90 Å². The molecule has 1 saturated heterocycles. The summed E-state index contributed by atoms with van der Waals surface area (Å²) >= 11 is 0. The van der Waals surface area contributed by atoms with E-state index < -0.39 is 0 Å². The quantitative estimate of drug-likeness (QED) is 0.628. The van der Waals surface area contributed by atoms with Crippen molar-refractivity contribution in [3.8, 4) is 0 Å². The van der Waals surface area contributed by atoms with Crippen LogP contribution >= 0.6 is 0 Å². The van der Waals surface area contributed by atoms with E-state index in [4.69, 9.17) is 14.6 Å². The van der Waals surface area contributed by atoms with Crippen LogP contribution in [0.1, 0.15) is 12.8 Å². The van der Waals surface area contributed by atoms with E-state index in [9.17, 15) is 4.79 Å². The Bertz CT molecular complexity index is 174. The van der Waals surface area contributed by atoms with Crippen LogP contribution in [0.3, 0.4) is 0 Å². The highest BCUT2D eigenvalue weighted by atomic mass is 16.6. The number of hydrogen-bond donors (Lipinski definition) is 1. The van der Waals surface area contributed by atoms with Crippen LogP contribution in [-0.4, -0.2) is 55.6 Å². The summed E-state index contributed by atoms with van der Waals surface area (Å²) in [4.78, 5) is 12.8. The zero-order chi connectivity index (χ0) is 10.2. The number of nitrogens with zero attached hydrogens (tertiary/aromatic N) is 1. The van der Waals surface area contributed by atoms with E-state index in [1.54, 1.807) is 4.90 Å². The molecular weight excluding hydrogens is 186 g/mol. The lowest BCUT2D eigenvalue weighted by atomic mass is 10.3. The van der Waals surface area contributed by atoms with Gasteiger partial charge in [0, 0.05) is 19.7 Å². The highest BCUT2D eigenvalue weighted by Gasteiger charge is 2.18. The normalized spacial score (nSPS) is 16.9. The molecule has 0 aromatic rings. The standard InChI is InChI=1S/C9H17NO4/c11-5-8-13-6-1-3-10-4-2-7-14-9(10)12/h11H,1-8H2. The third kappa shape index (κ3) is 3.93. The number of aliphatic hydroxyl groups is 1. The summed E-state index contributed by atoms with van der Waals surface area (Å²) in [5.74, 6) is 0. The monoisotopic (exact) mass is 203 g/mol.